The topological polar surface area (TPSA) is 79.0 Å². The van der Waals surface area contributed by atoms with Gasteiger partial charge in [0, 0.05) is 17.1 Å². The summed E-state index contributed by atoms with van der Waals surface area (Å²) in [5.41, 5.74) is 3.17. The van der Waals surface area contributed by atoms with Crippen molar-refractivity contribution in [2.24, 2.45) is 0 Å². The fourth-order valence-electron chi connectivity index (χ4n) is 1.84. The van der Waals surface area contributed by atoms with E-state index in [4.69, 9.17) is 4.74 Å². The number of benzene rings is 1. The molecule has 0 bridgehead atoms. The van der Waals surface area contributed by atoms with Crippen LogP contribution in [0.1, 0.15) is 32.2 Å². The molecule has 0 fully saturated rings. The van der Waals surface area contributed by atoms with Crippen molar-refractivity contribution in [3.05, 3.63) is 42.0 Å². The van der Waals surface area contributed by atoms with Crippen molar-refractivity contribution in [3.8, 4) is 0 Å². The molecule has 0 unspecified atom stereocenters. The molecule has 6 nitrogen and oxygen atoms in total. The molecule has 1 aromatic carbocycles. The fourth-order valence-corrected chi connectivity index (χ4v) is 1.84. The Labute approximate surface area is 130 Å². The van der Waals surface area contributed by atoms with Gasteiger partial charge in [0.15, 0.2) is 0 Å². The molecule has 0 atom stereocenters. The molecule has 0 saturated carbocycles. The van der Waals surface area contributed by atoms with Crippen LogP contribution in [0.15, 0.2) is 30.6 Å². The van der Waals surface area contributed by atoms with Gasteiger partial charge in [0.1, 0.15) is 5.60 Å². The lowest BCUT2D eigenvalue weighted by Gasteiger charge is -2.19. The molecular weight excluding hydrogens is 280 g/mol. The zero-order chi connectivity index (χ0) is 16.2. The molecule has 1 aromatic heterocycles. The van der Waals surface area contributed by atoms with E-state index in [0.717, 1.165) is 17.1 Å². The normalized spacial score (nSPS) is 11.1. The third-order valence-electron chi connectivity index (χ3n) is 2.92. The molecule has 6 heteroatoms. The molecule has 2 rings (SSSR count). The Morgan fingerprint density at radius 1 is 1.23 bits per heavy atom. The average Bonchev–Trinajstić information content (AvgIpc) is 2.81. The SMILES string of the molecule is Cc1[nH]cnc1CNc1ccc(NC(=O)OC(C)(C)C)cc1. The van der Waals surface area contributed by atoms with E-state index in [1.165, 1.54) is 0 Å². The highest BCUT2D eigenvalue weighted by Gasteiger charge is 2.16. The van der Waals surface area contributed by atoms with E-state index in [1.807, 2.05) is 52.0 Å². The number of amides is 1. The number of anilines is 2. The van der Waals surface area contributed by atoms with E-state index >= 15 is 0 Å². The first kappa shape index (κ1) is 15.9. The van der Waals surface area contributed by atoms with Gasteiger partial charge < -0.3 is 15.0 Å². The van der Waals surface area contributed by atoms with Gasteiger partial charge in [-0.15, -0.1) is 0 Å². The summed E-state index contributed by atoms with van der Waals surface area (Å²) in [5.74, 6) is 0. The van der Waals surface area contributed by atoms with Gasteiger partial charge in [0.2, 0.25) is 0 Å². The van der Waals surface area contributed by atoms with Crippen molar-refractivity contribution >= 4 is 17.5 Å². The number of hydrogen-bond donors (Lipinski definition) is 3. The molecule has 0 spiro atoms. The molecule has 22 heavy (non-hydrogen) atoms. The second-order valence-corrected chi connectivity index (χ2v) is 6.03. The second kappa shape index (κ2) is 6.51. The van der Waals surface area contributed by atoms with Crippen LogP contribution in [0, 0.1) is 6.92 Å². The number of H-pyrrole nitrogens is 1. The number of aromatic amines is 1. The highest BCUT2D eigenvalue weighted by Crippen LogP contribution is 2.16. The zero-order valence-electron chi connectivity index (χ0n) is 13.4. The van der Waals surface area contributed by atoms with Crippen LogP contribution in [-0.2, 0) is 11.3 Å². The molecule has 0 aliphatic carbocycles. The highest BCUT2D eigenvalue weighted by atomic mass is 16.6. The van der Waals surface area contributed by atoms with Crippen LogP contribution in [0.25, 0.3) is 0 Å². The summed E-state index contributed by atoms with van der Waals surface area (Å²) in [7, 11) is 0. The minimum atomic E-state index is -0.507. The Bertz CT molecular complexity index is 626. The van der Waals surface area contributed by atoms with Crippen LogP contribution >= 0.6 is 0 Å². The number of carbonyl (C=O) groups excluding carboxylic acids is 1. The number of carbonyl (C=O) groups is 1. The molecule has 118 valence electrons. The number of nitrogens with one attached hydrogen (secondary N) is 3. The Morgan fingerprint density at radius 2 is 1.86 bits per heavy atom. The Hall–Kier alpha value is -2.50. The summed E-state index contributed by atoms with van der Waals surface area (Å²) in [5, 5.41) is 5.98. The standard InChI is InChI=1S/C16H22N4O2/c1-11-14(19-10-18-11)9-17-12-5-7-13(8-6-12)20-15(21)22-16(2,3)4/h5-8,10,17H,9H2,1-4H3,(H,18,19)(H,20,21). The second-order valence-electron chi connectivity index (χ2n) is 6.03. The van der Waals surface area contributed by atoms with Gasteiger partial charge in [0.25, 0.3) is 0 Å². The lowest BCUT2D eigenvalue weighted by atomic mass is 10.2. The van der Waals surface area contributed by atoms with Gasteiger partial charge >= 0.3 is 6.09 Å². The van der Waals surface area contributed by atoms with Crippen LogP contribution in [0.5, 0.6) is 0 Å². The number of nitrogens with zero attached hydrogens (tertiary/aromatic N) is 1. The number of aryl methyl sites for hydroxylation is 1. The lowest BCUT2D eigenvalue weighted by Crippen LogP contribution is -2.27. The summed E-state index contributed by atoms with van der Waals surface area (Å²) in [6.45, 7) is 8.12. The number of aromatic nitrogens is 2. The molecule has 0 aliphatic heterocycles. The number of ether oxygens (including phenoxy) is 1. The van der Waals surface area contributed by atoms with E-state index in [9.17, 15) is 4.79 Å². The van der Waals surface area contributed by atoms with Gasteiger partial charge in [-0.05, 0) is 52.0 Å². The lowest BCUT2D eigenvalue weighted by molar-refractivity contribution is 0.0636. The van der Waals surface area contributed by atoms with Crippen molar-refractivity contribution in [2.75, 3.05) is 10.6 Å². The van der Waals surface area contributed by atoms with Gasteiger partial charge in [-0.1, -0.05) is 0 Å². The molecule has 3 N–H and O–H groups in total. The maximum absolute atomic E-state index is 11.7. The van der Waals surface area contributed by atoms with E-state index in [2.05, 4.69) is 20.6 Å². The summed E-state index contributed by atoms with van der Waals surface area (Å²) in [6.07, 6.45) is 1.22. The highest BCUT2D eigenvalue weighted by molar-refractivity contribution is 5.85. The van der Waals surface area contributed by atoms with Crippen LogP contribution < -0.4 is 10.6 Å². The molecule has 2 aromatic rings. The number of rotatable bonds is 4. The summed E-state index contributed by atoms with van der Waals surface area (Å²) >= 11 is 0. The van der Waals surface area contributed by atoms with Crippen molar-refractivity contribution < 1.29 is 9.53 Å². The molecule has 0 aliphatic rings. The Balaban J connectivity index is 1.87. The first-order valence-corrected chi connectivity index (χ1v) is 7.16. The smallest absolute Gasteiger partial charge is 0.412 e. The van der Waals surface area contributed by atoms with Crippen molar-refractivity contribution in [2.45, 2.75) is 39.8 Å². The van der Waals surface area contributed by atoms with Crippen molar-refractivity contribution in [3.63, 3.8) is 0 Å². The predicted octanol–water partition coefficient (Wildman–Crippen LogP) is 3.68. The maximum Gasteiger partial charge on any atom is 0.412 e. The predicted molar refractivity (Wildman–Crippen MR) is 87.0 cm³/mol. The summed E-state index contributed by atoms with van der Waals surface area (Å²) < 4.78 is 5.20. The Morgan fingerprint density at radius 3 is 2.41 bits per heavy atom. The molecular formula is C16H22N4O2. The minimum absolute atomic E-state index is 0.458. The number of imidazole rings is 1. The molecule has 1 amide bonds. The fraction of sp³-hybridized carbons (Fsp3) is 0.375. The quantitative estimate of drug-likeness (QED) is 0.805. The van der Waals surface area contributed by atoms with Crippen molar-refractivity contribution in [1.29, 1.82) is 0 Å². The van der Waals surface area contributed by atoms with Gasteiger partial charge in [-0.25, -0.2) is 9.78 Å². The van der Waals surface area contributed by atoms with Gasteiger partial charge in [-0.2, -0.15) is 0 Å². The van der Waals surface area contributed by atoms with E-state index in [-0.39, 0.29) is 0 Å². The average molecular weight is 302 g/mol. The van der Waals surface area contributed by atoms with Crippen LogP contribution in [-0.4, -0.2) is 21.7 Å². The van der Waals surface area contributed by atoms with E-state index in [0.29, 0.717) is 12.2 Å². The van der Waals surface area contributed by atoms with Crippen LogP contribution in [0.3, 0.4) is 0 Å². The van der Waals surface area contributed by atoms with Gasteiger partial charge in [0.05, 0.1) is 18.6 Å². The van der Waals surface area contributed by atoms with Crippen LogP contribution in [0.4, 0.5) is 16.2 Å². The third kappa shape index (κ3) is 4.80. The third-order valence-corrected chi connectivity index (χ3v) is 2.92. The maximum atomic E-state index is 11.7. The van der Waals surface area contributed by atoms with E-state index < -0.39 is 11.7 Å². The Kier molecular flexibility index (Phi) is 4.70. The molecule has 0 saturated heterocycles. The molecule has 0 radical (unpaired) electrons. The molecule has 1 heterocycles. The summed E-state index contributed by atoms with van der Waals surface area (Å²) in [4.78, 5) is 18.9. The van der Waals surface area contributed by atoms with Gasteiger partial charge in [-0.3, -0.25) is 5.32 Å². The van der Waals surface area contributed by atoms with E-state index in [1.54, 1.807) is 6.33 Å². The first-order chi connectivity index (χ1) is 10.3. The first-order valence-electron chi connectivity index (χ1n) is 7.16. The zero-order valence-corrected chi connectivity index (χ0v) is 13.4. The number of hydrogen-bond acceptors (Lipinski definition) is 4. The summed E-state index contributed by atoms with van der Waals surface area (Å²) in [6, 6.07) is 7.44. The van der Waals surface area contributed by atoms with Crippen molar-refractivity contribution in [1.82, 2.24) is 9.97 Å². The minimum Gasteiger partial charge on any atom is -0.444 e. The monoisotopic (exact) mass is 302 g/mol. The van der Waals surface area contributed by atoms with Crippen LogP contribution in [0.2, 0.25) is 0 Å². The largest absolute Gasteiger partial charge is 0.444 e.